The first-order valence-corrected chi connectivity index (χ1v) is 8.35. The van der Waals surface area contributed by atoms with Crippen molar-refractivity contribution >= 4 is 15.9 Å². The van der Waals surface area contributed by atoms with Crippen molar-refractivity contribution in [1.82, 2.24) is 9.62 Å². The lowest BCUT2D eigenvalue weighted by Gasteiger charge is -2.20. The zero-order chi connectivity index (χ0) is 16.2. The maximum atomic E-state index is 11.9. The second kappa shape index (κ2) is 6.91. The quantitative estimate of drug-likeness (QED) is 0.852. The Morgan fingerprint density at radius 3 is 2.57 bits per heavy atom. The van der Waals surface area contributed by atoms with Gasteiger partial charge in [-0.1, -0.05) is 17.7 Å². The molecule has 1 aromatic carbocycles. The lowest BCUT2D eigenvalue weighted by Crippen LogP contribution is -2.38. The maximum absolute atomic E-state index is 11.9. The van der Waals surface area contributed by atoms with Gasteiger partial charge >= 0.3 is 0 Å². The van der Waals surface area contributed by atoms with E-state index in [1.807, 2.05) is 32.0 Å². The molecule has 1 atom stereocenters. The number of hydrogen-bond donors (Lipinski definition) is 1. The number of benzene rings is 1. The van der Waals surface area contributed by atoms with Gasteiger partial charge in [-0.3, -0.25) is 4.79 Å². The van der Waals surface area contributed by atoms with Crippen LogP contribution in [0.1, 0.15) is 24.1 Å². The molecule has 21 heavy (non-hydrogen) atoms. The molecule has 0 saturated heterocycles. The van der Waals surface area contributed by atoms with Crippen LogP contribution in [0.5, 0.6) is 5.75 Å². The molecule has 1 N–H and O–H groups in total. The average molecular weight is 314 g/mol. The van der Waals surface area contributed by atoms with E-state index in [1.165, 1.54) is 7.05 Å². The number of nitrogens with one attached hydrogen (secondary N) is 1. The van der Waals surface area contributed by atoms with Gasteiger partial charge in [-0.2, -0.15) is 4.31 Å². The lowest BCUT2D eigenvalue weighted by atomic mass is 10.0. The third-order valence-corrected chi connectivity index (χ3v) is 4.42. The summed E-state index contributed by atoms with van der Waals surface area (Å²) in [6.45, 7) is 3.57. The minimum absolute atomic E-state index is 0.211. The summed E-state index contributed by atoms with van der Waals surface area (Å²) in [5.74, 6) is 0.323. The Morgan fingerprint density at radius 1 is 1.43 bits per heavy atom. The fraction of sp³-hybridized carbons (Fsp3) is 0.500. The van der Waals surface area contributed by atoms with Crippen LogP contribution in [-0.2, 0) is 14.8 Å². The molecule has 0 bridgehead atoms. The van der Waals surface area contributed by atoms with E-state index in [-0.39, 0.29) is 18.5 Å². The highest BCUT2D eigenvalue weighted by atomic mass is 32.2. The summed E-state index contributed by atoms with van der Waals surface area (Å²) in [4.78, 5) is 11.9. The van der Waals surface area contributed by atoms with Crippen molar-refractivity contribution < 1.29 is 17.9 Å². The molecular weight excluding hydrogens is 292 g/mol. The van der Waals surface area contributed by atoms with Crippen LogP contribution < -0.4 is 10.1 Å². The van der Waals surface area contributed by atoms with Crippen LogP contribution in [0.3, 0.4) is 0 Å². The summed E-state index contributed by atoms with van der Waals surface area (Å²) in [5, 5.41) is 2.78. The molecule has 0 fully saturated rings. The van der Waals surface area contributed by atoms with Crippen molar-refractivity contribution in [3.63, 3.8) is 0 Å². The number of methoxy groups -OCH3 is 1. The first-order valence-electron chi connectivity index (χ1n) is 6.50. The Morgan fingerprint density at radius 2 is 2.05 bits per heavy atom. The summed E-state index contributed by atoms with van der Waals surface area (Å²) in [7, 11) is -0.433. The zero-order valence-corrected chi connectivity index (χ0v) is 13.8. The van der Waals surface area contributed by atoms with Gasteiger partial charge in [-0.25, -0.2) is 8.42 Å². The van der Waals surface area contributed by atoms with Crippen molar-refractivity contribution in [2.24, 2.45) is 0 Å². The topological polar surface area (TPSA) is 75.7 Å². The predicted molar refractivity (Wildman–Crippen MR) is 81.8 cm³/mol. The number of carbonyl (C=O) groups excluding carboxylic acids is 1. The Balaban J connectivity index is 2.79. The minimum Gasteiger partial charge on any atom is -0.496 e. The molecule has 1 aromatic rings. The highest BCUT2D eigenvalue weighted by Gasteiger charge is 2.18. The van der Waals surface area contributed by atoms with Gasteiger partial charge in [0.15, 0.2) is 0 Å². The molecule has 0 unspecified atom stereocenters. The highest BCUT2D eigenvalue weighted by molar-refractivity contribution is 7.88. The standard InChI is InChI=1S/C14H22N2O4S/c1-10-6-7-13(20-4)12(8-10)11(2)15-14(17)9-16(3)21(5,18)19/h6-8,11H,9H2,1-5H3,(H,15,17)/t11-/m0/s1. The molecule has 1 amide bonds. The maximum Gasteiger partial charge on any atom is 0.235 e. The van der Waals surface area contributed by atoms with Crippen molar-refractivity contribution in [3.8, 4) is 5.75 Å². The number of nitrogens with zero attached hydrogens (tertiary/aromatic N) is 1. The molecule has 6 nitrogen and oxygen atoms in total. The Labute approximate surface area is 126 Å². The van der Waals surface area contributed by atoms with Gasteiger partial charge in [-0.15, -0.1) is 0 Å². The zero-order valence-electron chi connectivity index (χ0n) is 13.0. The van der Waals surface area contributed by atoms with E-state index in [4.69, 9.17) is 4.74 Å². The number of rotatable bonds is 6. The summed E-state index contributed by atoms with van der Waals surface area (Å²) in [5.41, 5.74) is 1.91. The Bertz CT molecular complexity index is 613. The molecule has 0 aliphatic rings. The molecule has 0 saturated carbocycles. The van der Waals surface area contributed by atoms with E-state index in [9.17, 15) is 13.2 Å². The summed E-state index contributed by atoms with van der Waals surface area (Å²) in [6.07, 6.45) is 1.06. The van der Waals surface area contributed by atoms with Crippen LogP contribution in [0.15, 0.2) is 18.2 Å². The number of ether oxygens (including phenoxy) is 1. The molecule has 0 heterocycles. The summed E-state index contributed by atoms with van der Waals surface area (Å²) < 4.78 is 28.9. The number of hydrogen-bond acceptors (Lipinski definition) is 4. The van der Waals surface area contributed by atoms with Crippen LogP contribution in [0.4, 0.5) is 0 Å². The van der Waals surface area contributed by atoms with Gasteiger partial charge in [-0.05, 0) is 19.9 Å². The molecule has 0 aliphatic heterocycles. The predicted octanol–water partition coefficient (Wildman–Crippen LogP) is 1.07. The molecule has 0 spiro atoms. The van der Waals surface area contributed by atoms with Gasteiger partial charge in [0.2, 0.25) is 15.9 Å². The van der Waals surface area contributed by atoms with E-state index < -0.39 is 10.0 Å². The number of aryl methyl sites for hydroxylation is 1. The summed E-state index contributed by atoms with van der Waals surface area (Å²) in [6, 6.07) is 5.43. The van der Waals surface area contributed by atoms with Gasteiger partial charge in [0.25, 0.3) is 0 Å². The fourth-order valence-electron chi connectivity index (χ4n) is 1.88. The van der Waals surface area contributed by atoms with E-state index >= 15 is 0 Å². The van der Waals surface area contributed by atoms with Crippen molar-refractivity contribution in [2.75, 3.05) is 27.0 Å². The van der Waals surface area contributed by atoms with Gasteiger partial charge in [0, 0.05) is 12.6 Å². The average Bonchev–Trinajstić information content (AvgIpc) is 2.37. The van der Waals surface area contributed by atoms with Crippen LogP contribution in [-0.4, -0.2) is 45.6 Å². The van der Waals surface area contributed by atoms with Crippen molar-refractivity contribution in [1.29, 1.82) is 0 Å². The van der Waals surface area contributed by atoms with Crippen molar-refractivity contribution in [2.45, 2.75) is 19.9 Å². The molecule has 0 aromatic heterocycles. The van der Waals surface area contributed by atoms with Crippen LogP contribution >= 0.6 is 0 Å². The van der Waals surface area contributed by atoms with Gasteiger partial charge < -0.3 is 10.1 Å². The van der Waals surface area contributed by atoms with Gasteiger partial charge in [0.1, 0.15) is 5.75 Å². The second-order valence-corrected chi connectivity index (χ2v) is 7.14. The highest BCUT2D eigenvalue weighted by Crippen LogP contribution is 2.25. The van der Waals surface area contributed by atoms with E-state index in [0.29, 0.717) is 5.75 Å². The first-order chi connectivity index (χ1) is 9.65. The number of sulfonamides is 1. The van der Waals surface area contributed by atoms with Crippen molar-refractivity contribution in [3.05, 3.63) is 29.3 Å². The van der Waals surface area contributed by atoms with E-state index in [1.54, 1.807) is 7.11 Å². The smallest absolute Gasteiger partial charge is 0.235 e. The fourth-order valence-corrected chi connectivity index (χ4v) is 2.23. The number of likely N-dealkylation sites (N-methyl/N-ethyl adjacent to an activating group) is 1. The second-order valence-electron chi connectivity index (χ2n) is 5.05. The monoisotopic (exact) mass is 314 g/mol. The van der Waals surface area contributed by atoms with Crippen LogP contribution in [0, 0.1) is 6.92 Å². The lowest BCUT2D eigenvalue weighted by molar-refractivity contribution is -0.121. The van der Waals surface area contributed by atoms with E-state index in [2.05, 4.69) is 5.32 Å². The minimum atomic E-state index is -3.37. The normalized spacial score (nSPS) is 13.0. The number of amides is 1. The summed E-state index contributed by atoms with van der Waals surface area (Å²) >= 11 is 0. The van der Waals surface area contributed by atoms with E-state index in [0.717, 1.165) is 21.7 Å². The molecular formula is C14H22N2O4S. The molecule has 0 aliphatic carbocycles. The SMILES string of the molecule is COc1ccc(C)cc1[C@H](C)NC(=O)CN(C)S(C)(=O)=O. The van der Waals surface area contributed by atoms with Gasteiger partial charge in [0.05, 0.1) is 26.0 Å². The van der Waals surface area contributed by atoms with Crippen LogP contribution in [0.25, 0.3) is 0 Å². The Hall–Kier alpha value is -1.60. The first kappa shape index (κ1) is 17.5. The third-order valence-electron chi connectivity index (χ3n) is 3.16. The molecule has 7 heteroatoms. The molecule has 118 valence electrons. The molecule has 1 rings (SSSR count). The van der Waals surface area contributed by atoms with Crippen LogP contribution in [0.2, 0.25) is 0 Å². The molecule has 0 radical (unpaired) electrons. The Kier molecular flexibility index (Phi) is 5.74. The largest absolute Gasteiger partial charge is 0.496 e. The number of carbonyl (C=O) groups is 1. The third kappa shape index (κ3) is 5.02.